The monoisotopic (exact) mass is 285 g/mol. The van der Waals surface area contributed by atoms with Gasteiger partial charge in [0.2, 0.25) is 0 Å². The Kier molecular flexibility index (Phi) is 3.17. The number of rotatable bonds is 2. The van der Waals surface area contributed by atoms with E-state index in [1.807, 2.05) is 30.3 Å². The van der Waals surface area contributed by atoms with Crippen LogP contribution in [-0.2, 0) is 0 Å². The summed E-state index contributed by atoms with van der Waals surface area (Å²) in [4.78, 5) is 0. The molecule has 2 N–H and O–H groups in total. The minimum absolute atomic E-state index is 0.0604. The Balaban J connectivity index is 2.13. The molecule has 5 heteroatoms. The predicted octanol–water partition coefficient (Wildman–Crippen LogP) is 3.71. The number of nitrogens with two attached hydrogens (primary N) is 1. The van der Waals surface area contributed by atoms with E-state index in [4.69, 9.17) is 5.73 Å². The van der Waals surface area contributed by atoms with Crippen LogP contribution in [0.15, 0.2) is 48.7 Å². The number of nitrogens with zero attached hydrogens (tertiary/aromatic N) is 2. The lowest BCUT2D eigenvalue weighted by molar-refractivity contribution is 0.594. The summed E-state index contributed by atoms with van der Waals surface area (Å²) in [6.07, 6.45) is 1.59. The van der Waals surface area contributed by atoms with Crippen LogP contribution in [0, 0.1) is 18.6 Å². The fourth-order valence-electron chi connectivity index (χ4n) is 2.14. The Morgan fingerprint density at radius 1 is 1.05 bits per heavy atom. The molecule has 0 aliphatic rings. The first-order chi connectivity index (χ1) is 10.1. The molecule has 0 spiro atoms. The molecular weight excluding hydrogens is 272 g/mol. The summed E-state index contributed by atoms with van der Waals surface area (Å²) in [5, 5.41) is 4.27. The zero-order chi connectivity index (χ0) is 15.0. The van der Waals surface area contributed by atoms with Crippen molar-refractivity contribution in [1.29, 1.82) is 0 Å². The second-order valence-corrected chi connectivity index (χ2v) is 4.79. The van der Waals surface area contributed by atoms with E-state index >= 15 is 0 Å². The fourth-order valence-corrected chi connectivity index (χ4v) is 2.14. The van der Waals surface area contributed by atoms with Crippen LogP contribution < -0.4 is 5.73 Å². The van der Waals surface area contributed by atoms with Crippen LogP contribution >= 0.6 is 0 Å². The van der Waals surface area contributed by atoms with Crippen molar-refractivity contribution >= 4 is 5.69 Å². The van der Waals surface area contributed by atoms with Gasteiger partial charge in [-0.2, -0.15) is 5.10 Å². The summed E-state index contributed by atoms with van der Waals surface area (Å²) in [7, 11) is 0. The van der Waals surface area contributed by atoms with Crippen molar-refractivity contribution in [3.8, 4) is 16.9 Å². The Morgan fingerprint density at radius 3 is 2.48 bits per heavy atom. The molecule has 0 saturated heterocycles. The molecular formula is C16H13F2N3. The highest BCUT2D eigenvalue weighted by Crippen LogP contribution is 2.29. The fraction of sp³-hybridized carbons (Fsp3) is 0.0625. The molecule has 3 rings (SSSR count). The van der Waals surface area contributed by atoms with Crippen LogP contribution in [0.3, 0.4) is 0 Å². The first kappa shape index (κ1) is 13.3. The topological polar surface area (TPSA) is 43.8 Å². The van der Waals surface area contributed by atoms with Gasteiger partial charge in [-0.05, 0) is 36.8 Å². The second kappa shape index (κ2) is 5.01. The third-order valence-electron chi connectivity index (χ3n) is 3.27. The molecule has 0 aliphatic carbocycles. The summed E-state index contributed by atoms with van der Waals surface area (Å²) in [5.41, 5.74) is 7.52. The smallest absolute Gasteiger partial charge is 0.133 e. The SMILES string of the molecule is Cc1cc(F)c(-c2nn(-c3ccccc3)cc2N)cc1F. The number of benzene rings is 2. The lowest BCUT2D eigenvalue weighted by Crippen LogP contribution is -1.96. The summed E-state index contributed by atoms with van der Waals surface area (Å²) in [6.45, 7) is 1.51. The Bertz CT molecular complexity index is 795. The summed E-state index contributed by atoms with van der Waals surface area (Å²) >= 11 is 0. The molecule has 2 aromatic carbocycles. The van der Waals surface area contributed by atoms with E-state index < -0.39 is 11.6 Å². The summed E-state index contributed by atoms with van der Waals surface area (Å²) in [6, 6.07) is 11.6. The van der Waals surface area contributed by atoms with E-state index in [0.717, 1.165) is 17.8 Å². The molecule has 0 amide bonds. The Labute approximate surface area is 120 Å². The van der Waals surface area contributed by atoms with E-state index in [9.17, 15) is 8.78 Å². The van der Waals surface area contributed by atoms with Crippen LogP contribution in [0.2, 0.25) is 0 Å². The lowest BCUT2D eigenvalue weighted by atomic mass is 10.1. The third-order valence-corrected chi connectivity index (χ3v) is 3.27. The number of hydrogen-bond donors (Lipinski definition) is 1. The molecule has 0 saturated carbocycles. The number of aryl methyl sites for hydroxylation is 1. The van der Waals surface area contributed by atoms with Gasteiger partial charge in [-0.15, -0.1) is 0 Å². The van der Waals surface area contributed by atoms with E-state index in [2.05, 4.69) is 5.10 Å². The number of anilines is 1. The molecule has 1 aromatic heterocycles. The van der Waals surface area contributed by atoms with Gasteiger partial charge in [0, 0.05) is 5.56 Å². The molecule has 21 heavy (non-hydrogen) atoms. The normalized spacial score (nSPS) is 10.8. The van der Waals surface area contributed by atoms with Crippen LogP contribution in [0.4, 0.5) is 14.5 Å². The first-order valence-electron chi connectivity index (χ1n) is 6.43. The van der Waals surface area contributed by atoms with Crippen molar-refractivity contribution in [2.45, 2.75) is 6.92 Å². The Hall–Kier alpha value is -2.69. The molecule has 3 nitrogen and oxygen atoms in total. The molecule has 106 valence electrons. The average molecular weight is 285 g/mol. The molecule has 0 aliphatic heterocycles. The number of halogens is 2. The van der Waals surface area contributed by atoms with Crippen molar-refractivity contribution in [2.24, 2.45) is 0 Å². The number of aromatic nitrogens is 2. The van der Waals surface area contributed by atoms with Crippen LogP contribution in [-0.4, -0.2) is 9.78 Å². The van der Waals surface area contributed by atoms with Crippen LogP contribution in [0.1, 0.15) is 5.56 Å². The quantitative estimate of drug-likeness (QED) is 0.780. The highest BCUT2D eigenvalue weighted by atomic mass is 19.1. The summed E-state index contributed by atoms with van der Waals surface area (Å²) < 4.78 is 29.2. The van der Waals surface area contributed by atoms with E-state index in [0.29, 0.717) is 5.69 Å². The highest BCUT2D eigenvalue weighted by Gasteiger charge is 2.16. The number of para-hydroxylation sites is 1. The molecule has 0 radical (unpaired) electrons. The maximum atomic E-state index is 14.0. The molecule has 0 atom stereocenters. The van der Waals surface area contributed by atoms with Crippen molar-refractivity contribution in [1.82, 2.24) is 9.78 Å². The predicted molar refractivity (Wildman–Crippen MR) is 78.1 cm³/mol. The minimum atomic E-state index is -0.543. The molecule has 0 unspecified atom stereocenters. The highest BCUT2D eigenvalue weighted by molar-refractivity contribution is 5.73. The van der Waals surface area contributed by atoms with Gasteiger partial charge in [-0.1, -0.05) is 18.2 Å². The van der Waals surface area contributed by atoms with Crippen molar-refractivity contribution < 1.29 is 8.78 Å². The van der Waals surface area contributed by atoms with Gasteiger partial charge in [-0.3, -0.25) is 0 Å². The van der Waals surface area contributed by atoms with E-state index in [1.54, 1.807) is 10.9 Å². The van der Waals surface area contributed by atoms with Gasteiger partial charge >= 0.3 is 0 Å². The zero-order valence-electron chi connectivity index (χ0n) is 11.3. The zero-order valence-corrected chi connectivity index (χ0v) is 11.3. The molecule has 1 heterocycles. The van der Waals surface area contributed by atoms with E-state index in [-0.39, 0.29) is 16.8 Å². The maximum Gasteiger partial charge on any atom is 0.133 e. The van der Waals surface area contributed by atoms with Crippen molar-refractivity contribution in [3.05, 3.63) is 65.9 Å². The second-order valence-electron chi connectivity index (χ2n) is 4.79. The van der Waals surface area contributed by atoms with E-state index in [1.165, 1.54) is 6.92 Å². The minimum Gasteiger partial charge on any atom is -0.396 e. The number of nitrogen functional groups attached to an aromatic ring is 1. The van der Waals surface area contributed by atoms with Gasteiger partial charge in [0.25, 0.3) is 0 Å². The third kappa shape index (κ3) is 2.38. The van der Waals surface area contributed by atoms with Gasteiger partial charge in [-0.25, -0.2) is 13.5 Å². The van der Waals surface area contributed by atoms with Gasteiger partial charge in [0.05, 0.1) is 17.6 Å². The number of hydrogen-bond acceptors (Lipinski definition) is 2. The van der Waals surface area contributed by atoms with Crippen molar-refractivity contribution in [3.63, 3.8) is 0 Å². The maximum absolute atomic E-state index is 14.0. The van der Waals surface area contributed by atoms with Crippen LogP contribution in [0.5, 0.6) is 0 Å². The molecule has 0 fully saturated rings. The molecule has 3 aromatic rings. The Morgan fingerprint density at radius 2 is 1.76 bits per heavy atom. The largest absolute Gasteiger partial charge is 0.396 e. The molecule has 0 bridgehead atoms. The van der Waals surface area contributed by atoms with Crippen molar-refractivity contribution in [2.75, 3.05) is 5.73 Å². The first-order valence-corrected chi connectivity index (χ1v) is 6.43. The summed E-state index contributed by atoms with van der Waals surface area (Å²) in [5.74, 6) is -1.03. The standard InChI is InChI=1S/C16H13F2N3/c1-10-7-14(18)12(8-13(10)17)16-15(19)9-21(20-16)11-5-3-2-4-6-11/h2-9H,19H2,1H3. The van der Waals surface area contributed by atoms with Crippen LogP contribution in [0.25, 0.3) is 16.9 Å². The van der Waals surface area contributed by atoms with Gasteiger partial charge in [0.1, 0.15) is 17.3 Å². The lowest BCUT2D eigenvalue weighted by Gasteiger charge is -2.04. The average Bonchev–Trinajstić information content (AvgIpc) is 2.86. The van der Waals surface area contributed by atoms with Gasteiger partial charge in [0.15, 0.2) is 0 Å². The van der Waals surface area contributed by atoms with Gasteiger partial charge < -0.3 is 5.73 Å².